The number of halogens is 1. The van der Waals surface area contributed by atoms with Crippen LogP contribution in [0.3, 0.4) is 0 Å². The zero-order chi connectivity index (χ0) is 13.3. The van der Waals surface area contributed by atoms with Crippen molar-refractivity contribution in [3.05, 3.63) is 56.3 Å². The lowest BCUT2D eigenvalue weighted by atomic mass is 10.1. The van der Waals surface area contributed by atoms with Gasteiger partial charge in [-0.1, -0.05) is 15.9 Å². The Kier molecular flexibility index (Phi) is 3.21. The molecule has 0 spiro atoms. The smallest absolute Gasteiger partial charge is 0.258 e. The maximum atomic E-state index is 11.9. The summed E-state index contributed by atoms with van der Waals surface area (Å²) in [5, 5.41) is 19.0. The van der Waals surface area contributed by atoms with E-state index in [2.05, 4.69) is 15.9 Å². The first-order valence-corrected chi connectivity index (χ1v) is 5.95. The van der Waals surface area contributed by atoms with Crippen LogP contribution in [0.5, 0.6) is 5.88 Å². The van der Waals surface area contributed by atoms with Crippen molar-refractivity contribution in [3.63, 3.8) is 0 Å². The number of aromatic nitrogens is 1. The second kappa shape index (κ2) is 4.67. The van der Waals surface area contributed by atoms with E-state index in [4.69, 9.17) is 5.26 Å². The van der Waals surface area contributed by atoms with Crippen LogP contribution in [0.25, 0.3) is 5.69 Å². The first-order valence-electron chi connectivity index (χ1n) is 5.16. The fourth-order valence-electron chi connectivity index (χ4n) is 1.69. The molecule has 90 valence electrons. The molecule has 18 heavy (non-hydrogen) atoms. The SMILES string of the molecule is Cc1cc(=O)n(-c2ccc(Br)cc2)c(O)c1C#N. The van der Waals surface area contributed by atoms with Crippen molar-refractivity contribution in [2.24, 2.45) is 0 Å². The number of pyridine rings is 1. The van der Waals surface area contributed by atoms with E-state index in [1.807, 2.05) is 6.07 Å². The van der Waals surface area contributed by atoms with Gasteiger partial charge in [0.05, 0.1) is 5.69 Å². The maximum absolute atomic E-state index is 11.9. The standard InChI is InChI=1S/C13H9BrN2O2/c1-8-6-12(17)16(13(18)11(8)7-15)10-4-2-9(14)3-5-10/h2-6,18H,1H3. The van der Waals surface area contributed by atoms with Crippen LogP contribution in [0.2, 0.25) is 0 Å². The van der Waals surface area contributed by atoms with Gasteiger partial charge in [-0.25, -0.2) is 4.57 Å². The summed E-state index contributed by atoms with van der Waals surface area (Å²) in [7, 11) is 0. The summed E-state index contributed by atoms with van der Waals surface area (Å²) in [4.78, 5) is 11.9. The highest BCUT2D eigenvalue weighted by Gasteiger charge is 2.13. The summed E-state index contributed by atoms with van der Waals surface area (Å²) in [5.74, 6) is -0.329. The molecule has 5 heteroatoms. The minimum Gasteiger partial charge on any atom is -0.493 e. The Morgan fingerprint density at radius 1 is 1.33 bits per heavy atom. The molecule has 0 saturated carbocycles. The summed E-state index contributed by atoms with van der Waals surface area (Å²) >= 11 is 3.29. The molecule has 1 heterocycles. The molecule has 0 atom stereocenters. The first kappa shape index (κ1) is 12.4. The van der Waals surface area contributed by atoms with Gasteiger partial charge in [0, 0.05) is 10.5 Å². The lowest BCUT2D eigenvalue weighted by Gasteiger charge is -2.10. The molecule has 2 rings (SSSR count). The minimum absolute atomic E-state index is 0.109. The summed E-state index contributed by atoms with van der Waals surface area (Å²) in [5.41, 5.74) is 0.717. The van der Waals surface area contributed by atoms with E-state index in [-0.39, 0.29) is 17.0 Å². The van der Waals surface area contributed by atoms with Crippen LogP contribution in [-0.4, -0.2) is 9.67 Å². The van der Waals surface area contributed by atoms with Gasteiger partial charge >= 0.3 is 0 Å². The van der Waals surface area contributed by atoms with E-state index in [9.17, 15) is 9.90 Å². The number of benzene rings is 1. The third-order valence-corrected chi connectivity index (χ3v) is 3.12. The van der Waals surface area contributed by atoms with Gasteiger partial charge in [0.15, 0.2) is 0 Å². The van der Waals surface area contributed by atoms with Gasteiger partial charge in [0.25, 0.3) is 5.56 Å². The predicted molar refractivity (Wildman–Crippen MR) is 70.9 cm³/mol. The number of rotatable bonds is 1. The van der Waals surface area contributed by atoms with Gasteiger partial charge in [0.2, 0.25) is 5.88 Å². The van der Waals surface area contributed by atoms with E-state index >= 15 is 0 Å². The van der Waals surface area contributed by atoms with E-state index in [0.29, 0.717) is 11.3 Å². The Morgan fingerprint density at radius 3 is 2.50 bits per heavy atom. The number of hydrogen-bond donors (Lipinski definition) is 1. The van der Waals surface area contributed by atoms with Gasteiger partial charge in [-0.3, -0.25) is 4.79 Å². The normalized spacial score (nSPS) is 10.1. The van der Waals surface area contributed by atoms with E-state index in [1.165, 1.54) is 6.07 Å². The lowest BCUT2D eigenvalue weighted by molar-refractivity contribution is 0.433. The van der Waals surface area contributed by atoms with Crippen LogP contribution >= 0.6 is 15.9 Å². The third kappa shape index (κ3) is 2.03. The zero-order valence-electron chi connectivity index (χ0n) is 9.51. The summed E-state index contributed by atoms with van der Waals surface area (Å²) < 4.78 is 1.98. The number of hydrogen-bond acceptors (Lipinski definition) is 3. The van der Waals surface area contributed by atoms with E-state index < -0.39 is 0 Å². The van der Waals surface area contributed by atoms with Gasteiger partial charge < -0.3 is 5.11 Å². The molecule has 0 aliphatic rings. The molecule has 2 aromatic rings. The molecule has 1 aromatic heterocycles. The largest absolute Gasteiger partial charge is 0.493 e. The Labute approximate surface area is 112 Å². The average molecular weight is 305 g/mol. The van der Waals surface area contributed by atoms with Crippen molar-refractivity contribution in [1.82, 2.24) is 4.57 Å². The highest BCUT2D eigenvalue weighted by atomic mass is 79.9. The topological polar surface area (TPSA) is 66.0 Å². The molecule has 0 aliphatic carbocycles. The molecule has 1 N–H and O–H groups in total. The van der Waals surface area contributed by atoms with Crippen molar-refractivity contribution in [1.29, 1.82) is 5.26 Å². The molecule has 0 bridgehead atoms. The van der Waals surface area contributed by atoms with E-state index in [0.717, 1.165) is 9.04 Å². The van der Waals surface area contributed by atoms with Gasteiger partial charge in [-0.15, -0.1) is 0 Å². The Balaban J connectivity index is 2.76. The molecular formula is C13H9BrN2O2. The van der Waals surface area contributed by atoms with Crippen LogP contribution in [0, 0.1) is 18.3 Å². The second-order valence-corrected chi connectivity index (χ2v) is 4.70. The Morgan fingerprint density at radius 2 is 1.94 bits per heavy atom. The number of aromatic hydroxyl groups is 1. The van der Waals surface area contributed by atoms with Crippen LogP contribution in [0.15, 0.2) is 39.6 Å². The monoisotopic (exact) mass is 304 g/mol. The summed E-state index contributed by atoms with van der Waals surface area (Å²) in [6.45, 7) is 1.62. The molecule has 0 saturated heterocycles. The van der Waals surface area contributed by atoms with E-state index in [1.54, 1.807) is 31.2 Å². The molecule has 1 aromatic carbocycles. The second-order valence-electron chi connectivity index (χ2n) is 3.79. The molecule has 0 radical (unpaired) electrons. The average Bonchev–Trinajstić information content (AvgIpc) is 2.31. The molecule has 4 nitrogen and oxygen atoms in total. The van der Waals surface area contributed by atoms with Crippen molar-refractivity contribution < 1.29 is 5.11 Å². The fourth-order valence-corrected chi connectivity index (χ4v) is 1.96. The van der Waals surface area contributed by atoms with Gasteiger partial charge in [-0.05, 0) is 36.8 Å². The predicted octanol–water partition coefficient (Wildman–Crippen LogP) is 2.49. The molecule has 0 unspecified atom stereocenters. The highest BCUT2D eigenvalue weighted by molar-refractivity contribution is 9.10. The molecule has 0 amide bonds. The maximum Gasteiger partial charge on any atom is 0.258 e. The van der Waals surface area contributed by atoms with Crippen LogP contribution in [0.1, 0.15) is 11.1 Å². The summed E-state index contributed by atoms with van der Waals surface area (Å²) in [6.07, 6.45) is 0. The quantitative estimate of drug-likeness (QED) is 0.880. The summed E-state index contributed by atoms with van der Waals surface area (Å²) in [6, 6.07) is 10.1. The fraction of sp³-hybridized carbons (Fsp3) is 0.0769. The number of nitriles is 1. The third-order valence-electron chi connectivity index (χ3n) is 2.59. The van der Waals surface area contributed by atoms with Crippen LogP contribution in [0.4, 0.5) is 0 Å². The van der Waals surface area contributed by atoms with Crippen molar-refractivity contribution in [2.45, 2.75) is 6.92 Å². The lowest BCUT2D eigenvalue weighted by Crippen LogP contribution is -2.18. The minimum atomic E-state index is -0.369. The van der Waals surface area contributed by atoms with Crippen LogP contribution in [-0.2, 0) is 0 Å². The highest BCUT2D eigenvalue weighted by Crippen LogP contribution is 2.22. The number of nitrogens with zero attached hydrogens (tertiary/aromatic N) is 2. The Bertz CT molecular complexity index is 697. The zero-order valence-corrected chi connectivity index (χ0v) is 11.1. The molecule has 0 aliphatic heterocycles. The first-order chi connectivity index (χ1) is 8.54. The molecule has 0 fully saturated rings. The molecular weight excluding hydrogens is 296 g/mol. The Hall–Kier alpha value is -2.06. The van der Waals surface area contributed by atoms with Crippen molar-refractivity contribution in [2.75, 3.05) is 0 Å². The number of aryl methyl sites for hydroxylation is 1. The van der Waals surface area contributed by atoms with Crippen molar-refractivity contribution in [3.8, 4) is 17.6 Å². The van der Waals surface area contributed by atoms with Crippen molar-refractivity contribution >= 4 is 15.9 Å². The van der Waals surface area contributed by atoms with Gasteiger partial charge in [0.1, 0.15) is 11.6 Å². The van der Waals surface area contributed by atoms with Crippen LogP contribution < -0.4 is 5.56 Å². The van der Waals surface area contributed by atoms with Gasteiger partial charge in [-0.2, -0.15) is 5.26 Å².